The van der Waals surface area contributed by atoms with Crippen LogP contribution in [0.1, 0.15) is 13.8 Å². The lowest BCUT2D eigenvalue weighted by Gasteiger charge is -2.37. The highest BCUT2D eigenvalue weighted by Crippen LogP contribution is 2.23. The summed E-state index contributed by atoms with van der Waals surface area (Å²) < 4.78 is 15.2. The Labute approximate surface area is 76.6 Å². The summed E-state index contributed by atoms with van der Waals surface area (Å²) in [6, 6.07) is 0. The minimum atomic E-state index is -1.46. The average molecular weight is 190 g/mol. The third-order valence-electron chi connectivity index (χ3n) is 1.73. The van der Waals surface area contributed by atoms with Crippen LogP contribution in [-0.4, -0.2) is 42.8 Å². The van der Waals surface area contributed by atoms with Gasteiger partial charge in [0.05, 0.1) is 0 Å². The van der Waals surface area contributed by atoms with Crippen LogP contribution in [0.3, 0.4) is 0 Å². The van der Waals surface area contributed by atoms with Gasteiger partial charge in [-0.2, -0.15) is 0 Å². The zero-order chi connectivity index (χ0) is 9.90. The second kappa shape index (κ2) is 4.15. The van der Waals surface area contributed by atoms with Gasteiger partial charge in [0.2, 0.25) is 0 Å². The molecule has 0 spiro atoms. The molecule has 0 aliphatic carbocycles. The molecule has 0 bridgehead atoms. The van der Waals surface area contributed by atoms with E-state index in [1.54, 1.807) is 6.92 Å². The number of ether oxygens (including phenoxy) is 3. The largest absolute Gasteiger partial charge is 0.385 e. The number of aliphatic hydroxyl groups is 1. The number of rotatable bonds is 3. The second-order valence-electron chi connectivity index (χ2n) is 2.83. The lowest BCUT2D eigenvalue weighted by atomic mass is 10.3. The van der Waals surface area contributed by atoms with E-state index < -0.39 is 12.1 Å². The Hall–Kier alpha value is -0.490. The van der Waals surface area contributed by atoms with Crippen LogP contribution in [0.15, 0.2) is 0 Å². The van der Waals surface area contributed by atoms with Crippen molar-refractivity contribution in [2.75, 3.05) is 19.8 Å². The minimum absolute atomic E-state index is 0.0785. The monoisotopic (exact) mass is 190 g/mol. The van der Waals surface area contributed by atoms with Crippen molar-refractivity contribution in [1.29, 1.82) is 0 Å². The van der Waals surface area contributed by atoms with Crippen LogP contribution in [0.4, 0.5) is 0 Å². The number of carbonyl (C=O) groups is 1. The summed E-state index contributed by atoms with van der Waals surface area (Å²) >= 11 is 0. The van der Waals surface area contributed by atoms with Gasteiger partial charge in [0.25, 0.3) is 0 Å². The molecule has 0 amide bonds. The van der Waals surface area contributed by atoms with Crippen LogP contribution in [-0.2, 0) is 19.0 Å². The molecule has 1 aliphatic heterocycles. The maximum Gasteiger partial charge on any atom is 0.311 e. The van der Waals surface area contributed by atoms with Crippen LogP contribution in [0.25, 0.3) is 0 Å². The molecule has 1 heterocycles. The van der Waals surface area contributed by atoms with Crippen molar-refractivity contribution in [1.82, 2.24) is 0 Å². The summed E-state index contributed by atoms with van der Waals surface area (Å²) in [5, 5.41) is 9.36. The number of hydrogen-bond donors (Lipinski definition) is 1. The van der Waals surface area contributed by atoms with Crippen molar-refractivity contribution >= 4 is 5.78 Å². The topological polar surface area (TPSA) is 65.0 Å². The van der Waals surface area contributed by atoms with Crippen LogP contribution in [0.5, 0.6) is 0 Å². The SMILES string of the molecule is CCOC1(C(C)O)OCC(=O)CO1. The summed E-state index contributed by atoms with van der Waals surface area (Å²) in [5.41, 5.74) is 0. The van der Waals surface area contributed by atoms with E-state index in [4.69, 9.17) is 14.2 Å². The van der Waals surface area contributed by atoms with Gasteiger partial charge in [0.1, 0.15) is 19.3 Å². The predicted molar refractivity (Wildman–Crippen MR) is 42.9 cm³/mol. The van der Waals surface area contributed by atoms with Gasteiger partial charge in [-0.1, -0.05) is 0 Å². The second-order valence-corrected chi connectivity index (χ2v) is 2.83. The molecule has 1 aliphatic rings. The maximum atomic E-state index is 10.8. The van der Waals surface area contributed by atoms with Crippen molar-refractivity contribution < 1.29 is 24.1 Å². The van der Waals surface area contributed by atoms with Gasteiger partial charge >= 0.3 is 5.97 Å². The smallest absolute Gasteiger partial charge is 0.311 e. The molecule has 0 saturated carbocycles. The summed E-state index contributed by atoms with van der Waals surface area (Å²) in [4.78, 5) is 10.8. The molecule has 0 aromatic carbocycles. The lowest BCUT2D eigenvalue weighted by molar-refractivity contribution is -0.414. The Balaban J connectivity index is 2.63. The van der Waals surface area contributed by atoms with Gasteiger partial charge in [-0.25, -0.2) is 0 Å². The van der Waals surface area contributed by atoms with Gasteiger partial charge in [0, 0.05) is 6.61 Å². The third-order valence-corrected chi connectivity index (χ3v) is 1.73. The van der Waals surface area contributed by atoms with Crippen LogP contribution < -0.4 is 0 Å². The molecule has 0 aromatic rings. The number of hydrogen-bond acceptors (Lipinski definition) is 5. The lowest BCUT2D eigenvalue weighted by Crippen LogP contribution is -2.53. The Morgan fingerprint density at radius 3 is 2.54 bits per heavy atom. The van der Waals surface area contributed by atoms with Crippen molar-refractivity contribution in [3.63, 3.8) is 0 Å². The Kier molecular flexibility index (Phi) is 3.38. The fourth-order valence-corrected chi connectivity index (χ4v) is 1.09. The van der Waals surface area contributed by atoms with E-state index in [1.807, 2.05) is 0 Å². The highest BCUT2D eigenvalue weighted by atomic mass is 16.9. The zero-order valence-corrected chi connectivity index (χ0v) is 7.78. The summed E-state index contributed by atoms with van der Waals surface area (Å²) in [7, 11) is 0. The molecule has 5 nitrogen and oxygen atoms in total. The van der Waals surface area contributed by atoms with Crippen molar-refractivity contribution in [2.24, 2.45) is 0 Å². The van der Waals surface area contributed by atoms with Crippen LogP contribution >= 0.6 is 0 Å². The number of Topliss-reactive ketones (excluding diaryl/α,β-unsaturated/α-hetero) is 1. The molecule has 1 saturated heterocycles. The molecule has 1 fully saturated rings. The summed E-state index contributed by atoms with van der Waals surface area (Å²) in [6.07, 6.45) is -0.930. The molecule has 0 radical (unpaired) electrons. The number of carbonyl (C=O) groups excluding carboxylic acids is 1. The van der Waals surface area contributed by atoms with E-state index in [1.165, 1.54) is 6.92 Å². The molecule has 1 N–H and O–H groups in total. The molecule has 13 heavy (non-hydrogen) atoms. The third kappa shape index (κ3) is 2.25. The first-order valence-corrected chi connectivity index (χ1v) is 4.22. The molecular weight excluding hydrogens is 176 g/mol. The summed E-state index contributed by atoms with van der Waals surface area (Å²) in [6.45, 7) is 3.44. The van der Waals surface area contributed by atoms with Gasteiger partial charge in [-0.05, 0) is 13.8 Å². The number of ketones is 1. The molecule has 1 unspecified atom stereocenters. The van der Waals surface area contributed by atoms with Crippen molar-refractivity contribution in [3.8, 4) is 0 Å². The fraction of sp³-hybridized carbons (Fsp3) is 0.875. The molecule has 1 rings (SSSR count). The predicted octanol–water partition coefficient (Wildman–Crippen LogP) is -0.327. The highest BCUT2D eigenvalue weighted by Gasteiger charge is 2.43. The normalized spacial score (nSPS) is 24.4. The summed E-state index contributed by atoms with van der Waals surface area (Å²) in [5.74, 6) is -1.61. The van der Waals surface area contributed by atoms with Crippen molar-refractivity contribution in [3.05, 3.63) is 0 Å². The maximum absolute atomic E-state index is 10.8. The van der Waals surface area contributed by atoms with E-state index in [2.05, 4.69) is 0 Å². The Bertz CT molecular complexity index is 179. The number of aliphatic hydroxyl groups excluding tert-OH is 1. The van der Waals surface area contributed by atoms with Gasteiger partial charge in [0.15, 0.2) is 5.78 Å². The van der Waals surface area contributed by atoms with E-state index in [-0.39, 0.29) is 19.0 Å². The van der Waals surface area contributed by atoms with Gasteiger partial charge in [-0.3, -0.25) is 4.79 Å². The average Bonchev–Trinajstić information content (AvgIpc) is 2.09. The first-order valence-electron chi connectivity index (χ1n) is 4.22. The van der Waals surface area contributed by atoms with E-state index in [0.717, 1.165) is 0 Å². The van der Waals surface area contributed by atoms with E-state index in [0.29, 0.717) is 6.61 Å². The first kappa shape index (κ1) is 10.6. The fourth-order valence-electron chi connectivity index (χ4n) is 1.09. The standard InChI is InChI=1S/C8H14O5/c1-3-11-8(6(2)9)12-4-7(10)5-13-8/h6,9H,3-5H2,1-2H3. The van der Waals surface area contributed by atoms with Crippen LogP contribution in [0.2, 0.25) is 0 Å². The Morgan fingerprint density at radius 1 is 1.62 bits per heavy atom. The van der Waals surface area contributed by atoms with E-state index in [9.17, 15) is 9.90 Å². The quantitative estimate of drug-likeness (QED) is 0.660. The first-order chi connectivity index (χ1) is 6.10. The molecule has 76 valence electrons. The molecule has 0 aromatic heterocycles. The molecule has 1 atom stereocenters. The molecule has 5 heteroatoms. The highest BCUT2D eigenvalue weighted by molar-refractivity contribution is 5.81. The van der Waals surface area contributed by atoms with Crippen molar-refractivity contribution in [2.45, 2.75) is 25.9 Å². The molecular formula is C8H14O5. The van der Waals surface area contributed by atoms with Crippen LogP contribution in [0, 0.1) is 0 Å². The zero-order valence-electron chi connectivity index (χ0n) is 7.78. The van der Waals surface area contributed by atoms with E-state index >= 15 is 0 Å². The minimum Gasteiger partial charge on any atom is -0.385 e. The van der Waals surface area contributed by atoms with Gasteiger partial charge < -0.3 is 19.3 Å². The Morgan fingerprint density at radius 2 is 2.15 bits per heavy atom. The van der Waals surface area contributed by atoms with Gasteiger partial charge in [-0.15, -0.1) is 0 Å².